The maximum Gasteiger partial charge on any atom is 0.304 e. The number of halogens is 2. The molecule has 0 aliphatic carbocycles. The molecule has 1 aromatic carbocycles. The van der Waals surface area contributed by atoms with Gasteiger partial charge in [-0.05, 0) is 12.1 Å². The van der Waals surface area contributed by atoms with E-state index in [0.717, 1.165) is 11.8 Å². The quantitative estimate of drug-likeness (QED) is 0.274. The predicted octanol–water partition coefficient (Wildman–Crippen LogP) is 3.38. The highest BCUT2D eigenvalue weighted by Gasteiger charge is 2.21. The van der Waals surface area contributed by atoms with Crippen molar-refractivity contribution in [2.75, 3.05) is 0 Å². The third-order valence-corrected chi connectivity index (χ3v) is 3.91. The molecule has 8 heteroatoms. The van der Waals surface area contributed by atoms with Crippen LogP contribution in [0.1, 0.15) is 6.92 Å². The standard InChI is InChI=1S/C10H9Cl2NO4S/c1-6(14)17-9(11)10(12)18-8-4-2-7(3-5-8)13(15)16/h2-5,9-10H,1H3. The van der Waals surface area contributed by atoms with Gasteiger partial charge in [0.05, 0.1) is 4.92 Å². The second-order valence-electron chi connectivity index (χ2n) is 3.18. The number of carbonyl (C=O) groups excluding carboxylic acids is 1. The number of rotatable bonds is 5. The lowest BCUT2D eigenvalue weighted by molar-refractivity contribution is -0.384. The molecule has 0 saturated carbocycles. The summed E-state index contributed by atoms with van der Waals surface area (Å²) in [5.74, 6) is -0.523. The number of non-ortho nitro benzene ring substituents is 1. The SMILES string of the molecule is CC(=O)OC(Cl)C(Cl)Sc1ccc([N+](=O)[O-])cc1. The number of nitrogens with zero attached hydrogens (tertiary/aromatic N) is 1. The van der Waals surface area contributed by atoms with E-state index in [-0.39, 0.29) is 5.69 Å². The van der Waals surface area contributed by atoms with E-state index in [1.54, 1.807) is 12.1 Å². The first-order chi connectivity index (χ1) is 8.40. The fourth-order valence-electron chi connectivity index (χ4n) is 1.04. The molecule has 0 aliphatic heterocycles. The van der Waals surface area contributed by atoms with Gasteiger partial charge < -0.3 is 4.74 Å². The number of nitro groups is 1. The summed E-state index contributed by atoms with van der Waals surface area (Å²) in [7, 11) is 0. The summed E-state index contributed by atoms with van der Waals surface area (Å²) in [6, 6.07) is 5.83. The number of hydrogen-bond donors (Lipinski definition) is 0. The van der Waals surface area contributed by atoms with Crippen molar-refractivity contribution < 1.29 is 14.5 Å². The molecule has 0 heterocycles. The molecular formula is C10H9Cl2NO4S. The van der Waals surface area contributed by atoms with Crippen LogP contribution < -0.4 is 0 Å². The van der Waals surface area contributed by atoms with Crippen molar-refractivity contribution in [2.24, 2.45) is 0 Å². The fraction of sp³-hybridized carbons (Fsp3) is 0.300. The molecule has 1 rings (SSSR count). The third-order valence-electron chi connectivity index (χ3n) is 1.78. The third kappa shape index (κ3) is 4.72. The minimum absolute atomic E-state index is 0.00659. The van der Waals surface area contributed by atoms with Crippen molar-refractivity contribution in [3.8, 4) is 0 Å². The Morgan fingerprint density at radius 1 is 1.39 bits per heavy atom. The van der Waals surface area contributed by atoms with Crippen molar-refractivity contribution in [1.82, 2.24) is 0 Å². The van der Waals surface area contributed by atoms with E-state index in [9.17, 15) is 14.9 Å². The molecular weight excluding hydrogens is 301 g/mol. The molecule has 5 nitrogen and oxygen atoms in total. The van der Waals surface area contributed by atoms with Crippen LogP contribution in [0.4, 0.5) is 5.69 Å². The summed E-state index contributed by atoms with van der Waals surface area (Å²) in [5.41, 5.74) is -0.975. The summed E-state index contributed by atoms with van der Waals surface area (Å²) in [6.45, 7) is 1.23. The topological polar surface area (TPSA) is 69.4 Å². The van der Waals surface area contributed by atoms with Gasteiger partial charge in [-0.3, -0.25) is 14.9 Å². The van der Waals surface area contributed by atoms with Crippen LogP contribution in [0.2, 0.25) is 0 Å². The van der Waals surface area contributed by atoms with Crippen LogP contribution in [-0.4, -0.2) is 21.2 Å². The highest BCUT2D eigenvalue weighted by atomic mass is 35.5. The molecule has 0 amide bonds. The van der Waals surface area contributed by atoms with Gasteiger partial charge in [0, 0.05) is 24.0 Å². The highest BCUT2D eigenvalue weighted by molar-refractivity contribution is 8.01. The minimum Gasteiger partial charge on any atom is -0.444 e. The Morgan fingerprint density at radius 3 is 2.39 bits per heavy atom. The van der Waals surface area contributed by atoms with Crippen molar-refractivity contribution >= 4 is 46.6 Å². The van der Waals surface area contributed by atoms with E-state index in [4.69, 9.17) is 27.9 Å². The number of nitro benzene ring substituents is 1. The summed E-state index contributed by atoms with van der Waals surface area (Å²) in [4.78, 5) is 21.3. The lowest BCUT2D eigenvalue weighted by atomic mass is 10.3. The van der Waals surface area contributed by atoms with Gasteiger partial charge >= 0.3 is 5.97 Å². The largest absolute Gasteiger partial charge is 0.444 e. The number of hydrogen-bond acceptors (Lipinski definition) is 5. The zero-order valence-electron chi connectivity index (χ0n) is 9.21. The molecule has 0 spiro atoms. The van der Waals surface area contributed by atoms with Gasteiger partial charge in [0.2, 0.25) is 5.56 Å². The van der Waals surface area contributed by atoms with Gasteiger partial charge in [0.15, 0.2) is 0 Å². The Balaban J connectivity index is 2.61. The van der Waals surface area contributed by atoms with Crippen LogP contribution in [0.3, 0.4) is 0 Å². The molecule has 18 heavy (non-hydrogen) atoms. The van der Waals surface area contributed by atoms with E-state index in [1.165, 1.54) is 19.1 Å². The summed E-state index contributed by atoms with van der Waals surface area (Å²) in [6.07, 6.45) is 0. The van der Waals surface area contributed by atoms with Crippen molar-refractivity contribution in [3.63, 3.8) is 0 Å². The van der Waals surface area contributed by atoms with Crippen molar-refractivity contribution in [2.45, 2.75) is 22.1 Å². The Bertz CT molecular complexity index is 440. The van der Waals surface area contributed by atoms with Crippen LogP contribution in [0.25, 0.3) is 0 Å². The highest BCUT2D eigenvalue weighted by Crippen LogP contribution is 2.31. The molecule has 0 bridgehead atoms. The number of carbonyl (C=O) groups is 1. The Morgan fingerprint density at radius 2 is 1.94 bits per heavy atom. The normalized spacial score (nSPS) is 13.7. The van der Waals surface area contributed by atoms with E-state index in [1.807, 2.05) is 0 Å². The van der Waals surface area contributed by atoms with Crippen LogP contribution in [0, 0.1) is 10.1 Å². The summed E-state index contributed by atoms with van der Waals surface area (Å²) in [5, 5.41) is 10.5. The van der Waals surface area contributed by atoms with E-state index < -0.39 is 21.2 Å². The first-order valence-electron chi connectivity index (χ1n) is 4.76. The monoisotopic (exact) mass is 309 g/mol. The summed E-state index contributed by atoms with van der Waals surface area (Å²) < 4.78 is 4.03. The van der Waals surface area contributed by atoms with E-state index >= 15 is 0 Å². The smallest absolute Gasteiger partial charge is 0.304 e. The first kappa shape index (κ1) is 15.1. The van der Waals surface area contributed by atoms with Gasteiger partial charge in [-0.1, -0.05) is 11.6 Å². The number of ether oxygens (including phenoxy) is 1. The van der Waals surface area contributed by atoms with Crippen molar-refractivity contribution in [1.29, 1.82) is 0 Å². The minimum atomic E-state index is -0.968. The van der Waals surface area contributed by atoms with Gasteiger partial charge in [-0.15, -0.1) is 23.4 Å². The van der Waals surface area contributed by atoms with Gasteiger partial charge in [-0.25, -0.2) is 0 Å². The second kappa shape index (κ2) is 6.82. The number of esters is 1. The zero-order chi connectivity index (χ0) is 13.7. The van der Waals surface area contributed by atoms with Gasteiger partial charge in [0.1, 0.15) is 4.71 Å². The van der Waals surface area contributed by atoms with Crippen LogP contribution >= 0.6 is 35.0 Å². The maximum absolute atomic E-state index is 10.7. The molecule has 2 unspecified atom stereocenters. The van der Waals surface area contributed by atoms with Crippen molar-refractivity contribution in [3.05, 3.63) is 34.4 Å². The lowest BCUT2D eigenvalue weighted by Crippen LogP contribution is -2.18. The maximum atomic E-state index is 10.7. The number of thioether (sulfide) groups is 1. The average Bonchev–Trinajstić information content (AvgIpc) is 2.28. The molecule has 0 fully saturated rings. The van der Waals surface area contributed by atoms with Crippen LogP contribution in [0.5, 0.6) is 0 Å². The number of benzene rings is 1. The Labute approximate surface area is 118 Å². The van der Waals surface area contributed by atoms with E-state index in [0.29, 0.717) is 4.90 Å². The second-order valence-corrected chi connectivity index (χ2v) is 5.55. The fourth-order valence-corrected chi connectivity index (χ4v) is 2.40. The van der Waals surface area contributed by atoms with E-state index in [2.05, 4.69) is 0 Å². The molecule has 2 atom stereocenters. The molecule has 0 saturated heterocycles. The molecule has 0 aromatic heterocycles. The molecule has 0 radical (unpaired) electrons. The summed E-state index contributed by atoms with van der Waals surface area (Å²) >= 11 is 12.8. The zero-order valence-corrected chi connectivity index (χ0v) is 11.5. The average molecular weight is 310 g/mol. The molecule has 1 aromatic rings. The number of alkyl halides is 2. The van der Waals surface area contributed by atoms with Gasteiger partial charge in [0.25, 0.3) is 5.69 Å². The van der Waals surface area contributed by atoms with Gasteiger partial charge in [-0.2, -0.15) is 0 Å². The molecule has 0 N–H and O–H groups in total. The predicted molar refractivity (Wildman–Crippen MR) is 70.0 cm³/mol. The Kier molecular flexibility index (Phi) is 5.71. The van der Waals surface area contributed by atoms with Crippen LogP contribution in [-0.2, 0) is 9.53 Å². The molecule has 0 aliphatic rings. The molecule has 98 valence electrons. The van der Waals surface area contributed by atoms with Crippen LogP contribution in [0.15, 0.2) is 29.2 Å². The Hall–Kier alpha value is -0.980. The first-order valence-corrected chi connectivity index (χ1v) is 6.52. The lowest BCUT2D eigenvalue weighted by Gasteiger charge is -2.15.